The van der Waals surface area contributed by atoms with Gasteiger partial charge in [0.1, 0.15) is 12.1 Å². The molecule has 0 amide bonds. The molecule has 0 fully saturated rings. The van der Waals surface area contributed by atoms with Crippen molar-refractivity contribution in [1.29, 1.82) is 0 Å². The lowest BCUT2D eigenvalue weighted by molar-refractivity contribution is 0.322. The average molecular weight is 127 g/mol. The summed E-state index contributed by atoms with van der Waals surface area (Å²) >= 11 is 0. The molecule has 0 radical (unpaired) electrons. The van der Waals surface area contributed by atoms with Gasteiger partial charge in [-0.25, -0.2) is 0 Å². The van der Waals surface area contributed by atoms with Crippen molar-refractivity contribution in [2.24, 2.45) is 10.1 Å². The normalized spacial score (nSPS) is 19.2. The van der Waals surface area contributed by atoms with Crippen LogP contribution in [0.3, 0.4) is 0 Å². The van der Waals surface area contributed by atoms with Crippen LogP contribution in [0, 0.1) is 0 Å². The van der Waals surface area contributed by atoms with Crippen molar-refractivity contribution in [3.05, 3.63) is 0 Å². The van der Waals surface area contributed by atoms with Gasteiger partial charge in [-0.15, -0.1) is 0 Å². The Balaban J connectivity index is 2.57. The zero-order valence-corrected chi connectivity index (χ0v) is 5.28. The maximum Gasteiger partial charge on any atom is 0.145 e. The molecule has 4 nitrogen and oxygen atoms in total. The van der Waals surface area contributed by atoms with Crippen LogP contribution >= 0.6 is 0 Å². The second-order valence-corrected chi connectivity index (χ2v) is 1.91. The summed E-state index contributed by atoms with van der Waals surface area (Å²) in [4.78, 5) is 5.97. The summed E-state index contributed by atoms with van der Waals surface area (Å²) in [5.41, 5.74) is 0. The first-order chi connectivity index (χ1) is 4.34. The molecular weight excluding hydrogens is 118 g/mol. The van der Waals surface area contributed by atoms with E-state index in [4.69, 9.17) is 5.21 Å². The van der Waals surface area contributed by atoms with Gasteiger partial charge < -0.3 is 10.1 Å². The van der Waals surface area contributed by atoms with E-state index >= 15 is 0 Å². The second kappa shape index (κ2) is 2.48. The highest BCUT2D eigenvalue weighted by atomic mass is 16.4. The lowest BCUT2D eigenvalue weighted by Crippen LogP contribution is -2.23. The molecule has 0 aliphatic carbocycles. The summed E-state index contributed by atoms with van der Waals surface area (Å²) in [6, 6.07) is 0. The van der Waals surface area contributed by atoms with Gasteiger partial charge >= 0.3 is 0 Å². The lowest BCUT2D eigenvalue weighted by Gasteiger charge is -2.07. The highest BCUT2D eigenvalue weighted by Gasteiger charge is 2.08. The zero-order valence-electron chi connectivity index (χ0n) is 5.28. The molecule has 1 heterocycles. The van der Waals surface area contributed by atoms with Crippen LogP contribution in [-0.4, -0.2) is 42.3 Å². The molecule has 0 atom stereocenters. The first-order valence-corrected chi connectivity index (χ1v) is 2.77. The number of rotatable bonds is 1. The molecule has 0 aromatic rings. The SMILES string of the molecule is CN1CCN=C1C=NO. The quantitative estimate of drug-likeness (QED) is 0.301. The molecule has 0 spiro atoms. The predicted octanol–water partition coefficient (Wildman–Crippen LogP) is -0.210. The topological polar surface area (TPSA) is 48.2 Å². The lowest BCUT2D eigenvalue weighted by atomic mass is 10.6. The molecule has 0 aromatic carbocycles. The number of hydrogen-bond donors (Lipinski definition) is 1. The van der Waals surface area contributed by atoms with E-state index in [1.807, 2.05) is 11.9 Å². The minimum Gasteiger partial charge on any atom is -0.411 e. The Kier molecular flexibility index (Phi) is 1.67. The third kappa shape index (κ3) is 1.19. The summed E-state index contributed by atoms with van der Waals surface area (Å²) < 4.78 is 0. The number of amidine groups is 1. The fourth-order valence-corrected chi connectivity index (χ4v) is 0.741. The summed E-state index contributed by atoms with van der Waals surface area (Å²) in [7, 11) is 1.91. The Morgan fingerprint density at radius 3 is 3.11 bits per heavy atom. The standard InChI is InChI=1S/C5H9N3O/c1-8-3-2-6-5(8)4-7-9/h4,9H,2-3H2,1H3. The number of aliphatic imine (C=N–C) groups is 1. The Morgan fingerprint density at radius 2 is 2.67 bits per heavy atom. The van der Waals surface area contributed by atoms with Crippen LogP contribution in [0.25, 0.3) is 0 Å². The highest BCUT2D eigenvalue weighted by Crippen LogP contribution is 1.94. The van der Waals surface area contributed by atoms with E-state index in [1.165, 1.54) is 6.21 Å². The maximum absolute atomic E-state index is 8.11. The molecule has 0 bridgehead atoms. The van der Waals surface area contributed by atoms with Crippen LogP contribution in [0.1, 0.15) is 0 Å². The van der Waals surface area contributed by atoms with Crippen LogP contribution in [0.2, 0.25) is 0 Å². The van der Waals surface area contributed by atoms with Gasteiger partial charge in [-0.1, -0.05) is 5.16 Å². The first kappa shape index (κ1) is 6.07. The van der Waals surface area contributed by atoms with E-state index in [2.05, 4.69) is 10.1 Å². The number of likely N-dealkylation sites (N-methyl/N-ethyl adjacent to an activating group) is 1. The van der Waals surface area contributed by atoms with Gasteiger partial charge in [0, 0.05) is 13.6 Å². The minimum absolute atomic E-state index is 0.748. The molecule has 50 valence electrons. The van der Waals surface area contributed by atoms with E-state index in [0.29, 0.717) is 0 Å². The molecule has 0 aromatic heterocycles. The largest absolute Gasteiger partial charge is 0.411 e. The van der Waals surface area contributed by atoms with Gasteiger partial charge in [-0.3, -0.25) is 4.99 Å². The van der Waals surface area contributed by atoms with Crippen molar-refractivity contribution >= 4 is 12.1 Å². The smallest absolute Gasteiger partial charge is 0.145 e. The average Bonchev–Trinajstić information content (AvgIpc) is 2.18. The van der Waals surface area contributed by atoms with E-state index in [0.717, 1.165) is 18.9 Å². The molecule has 4 heteroatoms. The summed E-state index contributed by atoms with van der Waals surface area (Å²) in [6.45, 7) is 1.72. The third-order valence-electron chi connectivity index (χ3n) is 1.27. The monoisotopic (exact) mass is 127 g/mol. The molecule has 1 aliphatic heterocycles. The summed E-state index contributed by atoms with van der Waals surface area (Å²) in [5.74, 6) is 0.748. The van der Waals surface area contributed by atoms with Gasteiger partial charge in [-0.2, -0.15) is 0 Å². The summed E-state index contributed by atoms with van der Waals surface area (Å²) in [5, 5.41) is 11.0. The van der Waals surface area contributed by atoms with Gasteiger partial charge in [0.15, 0.2) is 0 Å². The maximum atomic E-state index is 8.11. The van der Waals surface area contributed by atoms with Crippen LogP contribution in [-0.2, 0) is 0 Å². The minimum atomic E-state index is 0.748. The number of nitrogens with zero attached hydrogens (tertiary/aromatic N) is 3. The Morgan fingerprint density at radius 1 is 1.89 bits per heavy atom. The highest BCUT2D eigenvalue weighted by molar-refractivity contribution is 6.29. The number of hydrogen-bond acceptors (Lipinski definition) is 4. The van der Waals surface area contributed by atoms with Gasteiger partial charge in [0.05, 0.1) is 6.54 Å². The van der Waals surface area contributed by atoms with Crippen molar-refractivity contribution in [1.82, 2.24) is 4.90 Å². The first-order valence-electron chi connectivity index (χ1n) is 2.77. The van der Waals surface area contributed by atoms with Gasteiger partial charge in [-0.05, 0) is 0 Å². The van der Waals surface area contributed by atoms with Crippen LogP contribution in [0.15, 0.2) is 10.1 Å². The molecule has 1 aliphatic rings. The molecule has 1 N–H and O–H groups in total. The van der Waals surface area contributed by atoms with Crippen molar-refractivity contribution in [3.63, 3.8) is 0 Å². The van der Waals surface area contributed by atoms with Crippen molar-refractivity contribution in [3.8, 4) is 0 Å². The molecule has 0 saturated carbocycles. The molecule has 0 saturated heterocycles. The van der Waals surface area contributed by atoms with E-state index in [9.17, 15) is 0 Å². The van der Waals surface area contributed by atoms with Crippen LogP contribution in [0.5, 0.6) is 0 Å². The second-order valence-electron chi connectivity index (χ2n) is 1.91. The van der Waals surface area contributed by atoms with Crippen LogP contribution < -0.4 is 0 Å². The number of oxime groups is 1. The van der Waals surface area contributed by atoms with Crippen molar-refractivity contribution < 1.29 is 5.21 Å². The molecule has 9 heavy (non-hydrogen) atoms. The van der Waals surface area contributed by atoms with E-state index < -0.39 is 0 Å². The molecule has 1 rings (SSSR count). The van der Waals surface area contributed by atoms with Crippen molar-refractivity contribution in [2.75, 3.05) is 20.1 Å². The summed E-state index contributed by atoms with van der Waals surface area (Å²) in [6.07, 6.45) is 1.34. The van der Waals surface area contributed by atoms with Gasteiger partial charge in [0.2, 0.25) is 0 Å². The fraction of sp³-hybridized carbons (Fsp3) is 0.600. The zero-order chi connectivity index (χ0) is 6.69. The van der Waals surface area contributed by atoms with Crippen LogP contribution in [0.4, 0.5) is 0 Å². The predicted molar refractivity (Wildman–Crippen MR) is 35.2 cm³/mol. The fourth-order valence-electron chi connectivity index (χ4n) is 0.741. The molecule has 0 unspecified atom stereocenters. The van der Waals surface area contributed by atoms with Crippen molar-refractivity contribution in [2.45, 2.75) is 0 Å². The van der Waals surface area contributed by atoms with E-state index in [1.54, 1.807) is 0 Å². The van der Waals surface area contributed by atoms with Gasteiger partial charge in [0.25, 0.3) is 0 Å². The molecular formula is C5H9N3O. The third-order valence-corrected chi connectivity index (χ3v) is 1.27. The Bertz CT molecular complexity index is 152. The van der Waals surface area contributed by atoms with E-state index in [-0.39, 0.29) is 0 Å². The Hall–Kier alpha value is -1.06. The Labute approximate surface area is 53.5 Å².